The molecule has 7 heteroatoms. The molecule has 0 aliphatic rings. The van der Waals surface area contributed by atoms with Gasteiger partial charge in [0.2, 0.25) is 5.95 Å². The van der Waals surface area contributed by atoms with Crippen LogP contribution in [0.25, 0.3) is 0 Å². The predicted octanol–water partition coefficient (Wildman–Crippen LogP) is -0.648. The number of H-pyrrole nitrogens is 2. The molecule has 2 aromatic heterocycles. The van der Waals surface area contributed by atoms with Gasteiger partial charge in [-0.1, -0.05) is 0 Å². The van der Waals surface area contributed by atoms with Crippen molar-refractivity contribution >= 4 is 5.95 Å². The standard InChI is InChI=1S/C7H11N7/c8-5(1-4-2-10-3-11-4)6-12-7(9)14-13-6/h2-3,5H,1,8H2,(H,10,11)(H3,9,12,13,14)/t5-/m1/s1. The largest absolute Gasteiger partial charge is 0.367 e. The summed E-state index contributed by atoms with van der Waals surface area (Å²) in [6, 6.07) is -0.250. The van der Waals surface area contributed by atoms with E-state index in [0.717, 1.165) is 5.69 Å². The zero-order valence-electron chi connectivity index (χ0n) is 7.44. The van der Waals surface area contributed by atoms with Crippen molar-refractivity contribution in [3.63, 3.8) is 0 Å². The highest BCUT2D eigenvalue weighted by atomic mass is 15.3. The first-order valence-electron chi connectivity index (χ1n) is 4.16. The molecular formula is C7H11N7. The summed E-state index contributed by atoms with van der Waals surface area (Å²) in [5.74, 6) is 0.789. The molecule has 0 spiro atoms. The number of imidazole rings is 1. The smallest absolute Gasteiger partial charge is 0.239 e. The van der Waals surface area contributed by atoms with Crippen molar-refractivity contribution in [1.82, 2.24) is 25.1 Å². The number of aromatic amines is 2. The molecule has 2 aromatic rings. The molecule has 0 amide bonds. The van der Waals surface area contributed by atoms with Crippen LogP contribution in [0.4, 0.5) is 5.95 Å². The Hall–Kier alpha value is -1.89. The zero-order chi connectivity index (χ0) is 9.97. The Labute approximate surface area is 79.9 Å². The van der Waals surface area contributed by atoms with Crippen LogP contribution in [0, 0.1) is 0 Å². The summed E-state index contributed by atoms with van der Waals surface area (Å²) in [7, 11) is 0. The monoisotopic (exact) mass is 193 g/mol. The minimum atomic E-state index is -0.250. The van der Waals surface area contributed by atoms with E-state index in [1.54, 1.807) is 12.5 Å². The third-order valence-electron chi connectivity index (χ3n) is 1.87. The molecule has 74 valence electrons. The zero-order valence-corrected chi connectivity index (χ0v) is 7.44. The average molecular weight is 193 g/mol. The van der Waals surface area contributed by atoms with E-state index in [1.165, 1.54) is 0 Å². The van der Waals surface area contributed by atoms with Gasteiger partial charge < -0.3 is 16.5 Å². The lowest BCUT2D eigenvalue weighted by atomic mass is 10.2. The second-order valence-corrected chi connectivity index (χ2v) is 2.97. The molecule has 14 heavy (non-hydrogen) atoms. The molecule has 0 bridgehead atoms. The molecule has 0 saturated carbocycles. The molecule has 0 aliphatic carbocycles. The lowest BCUT2D eigenvalue weighted by Gasteiger charge is -2.05. The van der Waals surface area contributed by atoms with Crippen molar-refractivity contribution in [1.29, 1.82) is 0 Å². The maximum absolute atomic E-state index is 5.86. The van der Waals surface area contributed by atoms with Crippen LogP contribution in [0.5, 0.6) is 0 Å². The number of aromatic nitrogens is 5. The fourth-order valence-electron chi connectivity index (χ4n) is 1.18. The van der Waals surface area contributed by atoms with Gasteiger partial charge in [-0.05, 0) is 0 Å². The summed E-state index contributed by atoms with van der Waals surface area (Å²) in [5.41, 5.74) is 12.2. The van der Waals surface area contributed by atoms with Gasteiger partial charge in [-0.3, -0.25) is 5.10 Å². The van der Waals surface area contributed by atoms with Crippen LogP contribution in [-0.4, -0.2) is 25.1 Å². The summed E-state index contributed by atoms with van der Waals surface area (Å²) in [5, 5.41) is 6.38. The number of rotatable bonds is 3. The molecule has 2 rings (SSSR count). The fourth-order valence-corrected chi connectivity index (χ4v) is 1.18. The van der Waals surface area contributed by atoms with Crippen molar-refractivity contribution in [3.05, 3.63) is 24.0 Å². The highest BCUT2D eigenvalue weighted by Crippen LogP contribution is 2.10. The Morgan fingerprint density at radius 3 is 2.93 bits per heavy atom. The van der Waals surface area contributed by atoms with E-state index in [0.29, 0.717) is 12.2 Å². The van der Waals surface area contributed by atoms with Crippen LogP contribution in [0.3, 0.4) is 0 Å². The number of nitrogens with two attached hydrogens (primary N) is 2. The first kappa shape index (κ1) is 8.70. The van der Waals surface area contributed by atoms with Crippen LogP contribution in [-0.2, 0) is 6.42 Å². The van der Waals surface area contributed by atoms with Gasteiger partial charge in [-0.2, -0.15) is 4.98 Å². The number of hydrogen-bond donors (Lipinski definition) is 4. The summed E-state index contributed by atoms with van der Waals surface area (Å²) in [6.07, 6.45) is 3.95. The van der Waals surface area contributed by atoms with E-state index < -0.39 is 0 Å². The third-order valence-corrected chi connectivity index (χ3v) is 1.87. The van der Waals surface area contributed by atoms with Gasteiger partial charge in [0.1, 0.15) is 5.82 Å². The highest BCUT2D eigenvalue weighted by Gasteiger charge is 2.11. The van der Waals surface area contributed by atoms with Crippen LogP contribution in [0.15, 0.2) is 12.5 Å². The Bertz CT molecular complexity index is 390. The second kappa shape index (κ2) is 3.46. The topological polar surface area (TPSA) is 122 Å². The maximum Gasteiger partial charge on any atom is 0.239 e. The Morgan fingerprint density at radius 2 is 2.36 bits per heavy atom. The Kier molecular flexibility index (Phi) is 2.15. The van der Waals surface area contributed by atoms with E-state index in [4.69, 9.17) is 11.5 Å². The molecule has 2 heterocycles. The summed E-state index contributed by atoms with van der Waals surface area (Å²) >= 11 is 0. The minimum Gasteiger partial charge on any atom is -0.367 e. The lowest BCUT2D eigenvalue weighted by molar-refractivity contribution is 0.662. The number of nitrogens with zero attached hydrogens (tertiary/aromatic N) is 3. The van der Waals surface area contributed by atoms with Gasteiger partial charge in [0, 0.05) is 18.3 Å². The van der Waals surface area contributed by atoms with Crippen LogP contribution in [0.1, 0.15) is 17.6 Å². The van der Waals surface area contributed by atoms with E-state index in [2.05, 4.69) is 25.1 Å². The number of hydrogen-bond acceptors (Lipinski definition) is 5. The SMILES string of the molecule is Nc1n[nH]c([C@H](N)Cc2cnc[nH]2)n1. The molecular weight excluding hydrogens is 182 g/mol. The first-order valence-corrected chi connectivity index (χ1v) is 4.16. The van der Waals surface area contributed by atoms with Gasteiger partial charge >= 0.3 is 0 Å². The molecule has 1 atom stereocenters. The van der Waals surface area contributed by atoms with Gasteiger partial charge in [0.15, 0.2) is 0 Å². The van der Waals surface area contributed by atoms with Crippen molar-refractivity contribution < 1.29 is 0 Å². The number of nitrogen functional groups attached to an aromatic ring is 1. The molecule has 7 nitrogen and oxygen atoms in total. The highest BCUT2D eigenvalue weighted by molar-refractivity contribution is 5.15. The maximum atomic E-state index is 5.86. The lowest BCUT2D eigenvalue weighted by Crippen LogP contribution is -2.15. The molecule has 0 aromatic carbocycles. The van der Waals surface area contributed by atoms with Gasteiger partial charge in [0.25, 0.3) is 0 Å². The van der Waals surface area contributed by atoms with Crippen molar-refractivity contribution in [3.8, 4) is 0 Å². The molecule has 0 saturated heterocycles. The van der Waals surface area contributed by atoms with E-state index in [9.17, 15) is 0 Å². The van der Waals surface area contributed by atoms with Crippen LogP contribution < -0.4 is 11.5 Å². The van der Waals surface area contributed by atoms with Crippen molar-refractivity contribution in [2.75, 3.05) is 5.73 Å². The van der Waals surface area contributed by atoms with Gasteiger partial charge in [-0.25, -0.2) is 4.98 Å². The minimum absolute atomic E-state index is 0.208. The first-order chi connectivity index (χ1) is 6.75. The van der Waals surface area contributed by atoms with Crippen molar-refractivity contribution in [2.45, 2.75) is 12.5 Å². The molecule has 0 unspecified atom stereocenters. The van der Waals surface area contributed by atoms with Crippen molar-refractivity contribution in [2.24, 2.45) is 5.73 Å². The molecule has 0 aliphatic heterocycles. The Morgan fingerprint density at radius 1 is 1.50 bits per heavy atom. The number of nitrogens with one attached hydrogen (secondary N) is 2. The predicted molar refractivity (Wildman–Crippen MR) is 50.0 cm³/mol. The normalized spacial score (nSPS) is 12.9. The van der Waals surface area contributed by atoms with Crippen LogP contribution >= 0.6 is 0 Å². The van der Waals surface area contributed by atoms with E-state index in [1.807, 2.05) is 0 Å². The second-order valence-electron chi connectivity index (χ2n) is 2.97. The molecule has 6 N–H and O–H groups in total. The van der Waals surface area contributed by atoms with Gasteiger partial charge in [-0.15, -0.1) is 5.10 Å². The van der Waals surface area contributed by atoms with E-state index in [-0.39, 0.29) is 12.0 Å². The quantitative estimate of drug-likeness (QED) is 0.516. The number of anilines is 1. The third kappa shape index (κ3) is 1.72. The molecule has 0 radical (unpaired) electrons. The fraction of sp³-hybridized carbons (Fsp3) is 0.286. The molecule has 0 fully saturated rings. The Balaban J connectivity index is 2.06. The summed E-state index contributed by atoms with van der Waals surface area (Å²) in [4.78, 5) is 10.8. The average Bonchev–Trinajstić information content (AvgIpc) is 2.75. The summed E-state index contributed by atoms with van der Waals surface area (Å²) in [6.45, 7) is 0. The summed E-state index contributed by atoms with van der Waals surface area (Å²) < 4.78 is 0. The van der Waals surface area contributed by atoms with Crippen LogP contribution in [0.2, 0.25) is 0 Å². The van der Waals surface area contributed by atoms with E-state index >= 15 is 0 Å². The van der Waals surface area contributed by atoms with Gasteiger partial charge in [0.05, 0.1) is 12.4 Å².